The molecule has 19 heavy (non-hydrogen) atoms. The molecule has 0 aliphatic heterocycles. The highest BCUT2D eigenvalue weighted by molar-refractivity contribution is 7.09. The summed E-state index contributed by atoms with van der Waals surface area (Å²) in [4.78, 5) is 1.55. The van der Waals surface area contributed by atoms with Gasteiger partial charge in [0, 0.05) is 10.9 Å². The largest absolute Gasteiger partial charge is 0.317 e. The molecule has 2 aliphatic carbocycles. The van der Waals surface area contributed by atoms with Gasteiger partial charge in [0.1, 0.15) is 0 Å². The number of rotatable bonds is 7. The summed E-state index contributed by atoms with van der Waals surface area (Å²) in [6, 6.07) is 5.20. The Bertz CT molecular complexity index is 373. The highest BCUT2D eigenvalue weighted by atomic mass is 32.1. The van der Waals surface area contributed by atoms with Crippen molar-refractivity contribution in [3.63, 3.8) is 0 Å². The van der Waals surface area contributed by atoms with Crippen molar-refractivity contribution in [2.24, 2.45) is 17.8 Å². The topological polar surface area (TPSA) is 12.0 Å². The first-order valence-corrected chi connectivity index (χ1v) is 8.92. The predicted octanol–water partition coefficient (Wildman–Crippen LogP) is 4.49. The summed E-state index contributed by atoms with van der Waals surface area (Å²) < 4.78 is 0. The van der Waals surface area contributed by atoms with Gasteiger partial charge in [-0.15, -0.1) is 11.3 Å². The van der Waals surface area contributed by atoms with Crippen molar-refractivity contribution in [1.29, 1.82) is 0 Å². The predicted molar refractivity (Wildman–Crippen MR) is 83.7 cm³/mol. The lowest BCUT2D eigenvalue weighted by Gasteiger charge is -2.26. The Morgan fingerprint density at radius 3 is 2.95 bits per heavy atom. The fourth-order valence-electron chi connectivity index (χ4n) is 4.39. The second-order valence-corrected chi connectivity index (χ2v) is 7.66. The molecule has 2 aliphatic rings. The van der Waals surface area contributed by atoms with Crippen molar-refractivity contribution in [3.8, 4) is 0 Å². The van der Waals surface area contributed by atoms with Crippen LogP contribution in [0.2, 0.25) is 0 Å². The van der Waals surface area contributed by atoms with Gasteiger partial charge in [0.25, 0.3) is 0 Å². The number of fused-ring (bicyclic) bond motifs is 2. The van der Waals surface area contributed by atoms with E-state index in [4.69, 9.17) is 0 Å². The fourth-order valence-corrected chi connectivity index (χ4v) is 5.14. The molecule has 106 valence electrons. The minimum Gasteiger partial charge on any atom is -0.317 e. The van der Waals surface area contributed by atoms with Crippen molar-refractivity contribution in [2.45, 2.75) is 57.4 Å². The van der Waals surface area contributed by atoms with Crippen molar-refractivity contribution in [1.82, 2.24) is 5.32 Å². The molecule has 0 saturated heterocycles. The van der Waals surface area contributed by atoms with Gasteiger partial charge < -0.3 is 5.32 Å². The first kappa shape index (κ1) is 13.6. The van der Waals surface area contributed by atoms with Crippen molar-refractivity contribution < 1.29 is 0 Å². The minimum atomic E-state index is 0.754. The van der Waals surface area contributed by atoms with Crippen LogP contribution in [0.25, 0.3) is 0 Å². The molecular formula is C17H27NS. The van der Waals surface area contributed by atoms with E-state index in [0.29, 0.717) is 0 Å². The Morgan fingerprint density at radius 2 is 2.32 bits per heavy atom. The lowest BCUT2D eigenvalue weighted by Crippen LogP contribution is -2.29. The maximum atomic E-state index is 3.57. The molecule has 4 atom stereocenters. The third-order valence-electron chi connectivity index (χ3n) is 5.44. The van der Waals surface area contributed by atoms with Crippen LogP contribution in [0.5, 0.6) is 0 Å². The van der Waals surface area contributed by atoms with Gasteiger partial charge in [0.05, 0.1) is 0 Å². The van der Waals surface area contributed by atoms with E-state index in [1.165, 1.54) is 44.9 Å². The highest BCUT2D eigenvalue weighted by Gasteiger charge is 2.39. The molecule has 3 rings (SSSR count). The summed E-state index contributed by atoms with van der Waals surface area (Å²) in [5.74, 6) is 3.22. The number of hydrogen-bond acceptors (Lipinski definition) is 2. The van der Waals surface area contributed by atoms with Crippen LogP contribution in [0, 0.1) is 17.8 Å². The first-order valence-electron chi connectivity index (χ1n) is 8.04. The van der Waals surface area contributed by atoms with Gasteiger partial charge in [-0.1, -0.05) is 12.5 Å². The number of hydrogen-bond donors (Lipinski definition) is 1. The minimum absolute atomic E-state index is 0.754. The molecular weight excluding hydrogens is 250 g/mol. The second-order valence-electron chi connectivity index (χ2n) is 6.63. The van der Waals surface area contributed by atoms with Crippen LogP contribution in [0.1, 0.15) is 49.8 Å². The van der Waals surface area contributed by atoms with E-state index in [-0.39, 0.29) is 0 Å². The molecule has 2 bridgehead atoms. The van der Waals surface area contributed by atoms with Crippen LogP contribution < -0.4 is 5.32 Å². The monoisotopic (exact) mass is 277 g/mol. The van der Waals surface area contributed by atoms with Gasteiger partial charge in [0.2, 0.25) is 0 Å². The van der Waals surface area contributed by atoms with Gasteiger partial charge in [-0.2, -0.15) is 0 Å². The molecule has 1 aromatic heterocycles. The first-order chi connectivity index (χ1) is 9.35. The third-order valence-corrected chi connectivity index (χ3v) is 6.37. The lowest BCUT2D eigenvalue weighted by atomic mass is 9.83. The molecule has 1 aromatic rings. The molecule has 1 heterocycles. The smallest absolute Gasteiger partial charge is 0.00669 e. The average molecular weight is 277 g/mol. The molecule has 4 unspecified atom stereocenters. The Balaban J connectivity index is 1.40. The summed E-state index contributed by atoms with van der Waals surface area (Å²) in [6.45, 7) is 0. The molecule has 2 saturated carbocycles. The maximum absolute atomic E-state index is 3.57. The van der Waals surface area contributed by atoms with Gasteiger partial charge in [0.15, 0.2) is 0 Å². The molecule has 0 spiro atoms. The Labute approximate surface area is 121 Å². The summed E-state index contributed by atoms with van der Waals surface area (Å²) in [6.07, 6.45) is 11.5. The van der Waals surface area contributed by atoms with E-state index in [2.05, 4.69) is 29.9 Å². The molecule has 0 radical (unpaired) electrons. The summed E-state index contributed by atoms with van der Waals surface area (Å²) in [5.41, 5.74) is 0. The lowest BCUT2D eigenvalue weighted by molar-refractivity contribution is 0.275. The van der Waals surface area contributed by atoms with Crippen LogP contribution in [-0.4, -0.2) is 13.1 Å². The second kappa shape index (κ2) is 6.41. The van der Waals surface area contributed by atoms with Gasteiger partial charge in [-0.05, 0) is 81.2 Å². The quantitative estimate of drug-likeness (QED) is 0.774. The maximum Gasteiger partial charge on any atom is 0.00669 e. The van der Waals surface area contributed by atoms with Crippen LogP contribution >= 0.6 is 11.3 Å². The van der Waals surface area contributed by atoms with E-state index < -0.39 is 0 Å². The molecule has 1 nitrogen and oxygen atoms in total. The van der Waals surface area contributed by atoms with Crippen molar-refractivity contribution in [3.05, 3.63) is 22.4 Å². The van der Waals surface area contributed by atoms with E-state index in [9.17, 15) is 0 Å². The van der Waals surface area contributed by atoms with Crippen LogP contribution in [0.3, 0.4) is 0 Å². The van der Waals surface area contributed by atoms with Crippen LogP contribution in [-0.2, 0) is 6.42 Å². The average Bonchev–Trinajstić information content (AvgIpc) is 3.14. The van der Waals surface area contributed by atoms with Crippen molar-refractivity contribution >= 4 is 11.3 Å². The Morgan fingerprint density at radius 1 is 1.37 bits per heavy atom. The van der Waals surface area contributed by atoms with E-state index >= 15 is 0 Å². The van der Waals surface area contributed by atoms with Crippen molar-refractivity contribution in [2.75, 3.05) is 7.05 Å². The fraction of sp³-hybridized carbons (Fsp3) is 0.765. The standard InChI is InChI=1S/C17H27NS/c1-18-16(4-2-5-17-6-3-9-19-17)12-15-11-13-7-8-14(15)10-13/h3,6,9,13-16,18H,2,4-5,7-8,10-12H2,1H3. The Kier molecular flexibility index (Phi) is 4.60. The van der Waals surface area contributed by atoms with Gasteiger partial charge in [-0.25, -0.2) is 0 Å². The zero-order valence-corrected chi connectivity index (χ0v) is 12.9. The zero-order valence-electron chi connectivity index (χ0n) is 12.1. The molecule has 2 heteroatoms. The molecule has 0 aromatic carbocycles. The zero-order chi connectivity index (χ0) is 13.1. The summed E-state index contributed by atoms with van der Waals surface area (Å²) in [5, 5.41) is 5.77. The van der Waals surface area contributed by atoms with Gasteiger partial charge >= 0.3 is 0 Å². The van der Waals surface area contributed by atoms with E-state index in [1.807, 2.05) is 11.3 Å². The van der Waals surface area contributed by atoms with Crippen LogP contribution in [0.15, 0.2) is 17.5 Å². The number of nitrogens with one attached hydrogen (secondary N) is 1. The van der Waals surface area contributed by atoms with E-state index in [0.717, 1.165) is 23.8 Å². The Hall–Kier alpha value is -0.340. The normalized spacial score (nSPS) is 30.9. The highest BCUT2D eigenvalue weighted by Crippen LogP contribution is 2.50. The molecule has 2 fully saturated rings. The van der Waals surface area contributed by atoms with Gasteiger partial charge in [-0.3, -0.25) is 0 Å². The SMILES string of the molecule is CNC(CCCc1cccs1)CC1CC2CCC1C2. The molecule has 1 N–H and O–H groups in total. The number of thiophene rings is 1. The number of aryl methyl sites for hydroxylation is 1. The van der Waals surface area contributed by atoms with Crippen LogP contribution in [0.4, 0.5) is 0 Å². The summed E-state index contributed by atoms with van der Waals surface area (Å²) in [7, 11) is 2.16. The van der Waals surface area contributed by atoms with E-state index in [1.54, 1.807) is 11.3 Å². The summed E-state index contributed by atoms with van der Waals surface area (Å²) >= 11 is 1.90. The molecule has 0 amide bonds. The third kappa shape index (κ3) is 3.41.